The zero-order valence-corrected chi connectivity index (χ0v) is 23.8. The van der Waals surface area contributed by atoms with Gasteiger partial charge in [0.2, 0.25) is 5.91 Å². The van der Waals surface area contributed by atoms with Crippen LogP contribution >= 0.6 is 0 Å². The fraction of sp³-hybridized carbons (Fsp3) is 0.581. The second kappa shape index (κ2) is 12.6. The molecule has 40 heavy (non-hydrogen) atoms. The minimum absolute atomic E-state index is 0.00314. The molecule has 3 heterocycles. The highest BCUT2D eigenvalue weighted by atomic mass is 16.6. The third-order valence-corrected chi connectivity index (χ3v) is 8.55. The van der Waals surface area contributed by atoms with Crippen LogP contribution in [-0.2, 0) is 16.1 Å². The Hall–Kier alpha value is -3.17. The summed E-state index contributed by atoms with van der Waals surface area (Å²) in [5.41, 5.74) is 3.06. The van der Waals surface area contributed by atoms with Gasteiger partial charge in [0.1, 0.15) is 0 Å². The average Bonchev–Trinajstić information content (AvgIpc) is 3.40. The van der Waals surface area contributed by atoms with Crippen LogP contribution in [0.1, 0.15) is 78.1 Å². The number of carbonyl (C=O) groups excluding carboxylic acids is 2. The van der Waals surface area contributed by atoms with Crippen molar-refractivity contribution >= 4 is 23.4 Å². The van der Waals surface area contributed by atoms with E-state index in [0.717, 1.165) is 49.7 Å². The summed E-state index contributed by atoms with van der Waals surface area (Å²) in [6.45, 7) is 4.27. The van der Waals surface area contributed by atoms with Gasteiger partial charge in [0, 0.05) is 30.8 Å². The third-order valence-electron chi connectivity index (χ3n) is 8.55. The van der Waals surface area contributed by atoms with E-state index in [1.165, 1.54) is 25.7 Å². The summed E-state index contributed by atoms with van der Waals surface area (Å²) in [6.07, 6.45) is 18.6. The summed E-state index contributed by atoms with van der Waals surface area (Å²) in [5, 5.41) is 17.3. The first-order valence-electron chi connectivity index (χ1n) is 14.9. The van der Waals surface area contributed by atoms with E-state index >= 15 is 0 Å². The predicted octanol–water partition coefficient (Wildman–Crippen LogP) is 5.38. The first-order chi connectivity index (χ1) is 19.4. The van der Waals surface area contributed by atoms with Gasteiger partial charge in [0.05, 0.1) is 36.8 Å². The van der Waals surface area contributed by atoms with Crippen molar-refractivity contribution in [2.75, 3.05) is 23.0 Å². The number of aromatic nitrogens is 2. The third kappa shape index (κ3) is 6.25. The molecule has 1 fully saturated rings. The van der Waals surface area contributed by atoms with Crippen LogP contribution in [0.2, 0.25) is 0 Å². The molecule has 3 atom stereocenters. The largest absolute Gasteiger partial charge is 0.430 e. The Morgan fingerprint density at radius 3 is 2.75 bits per heavy atom. The number of piperidine rings is 1. The van der Waals surface area contributed by atoms with E-state index in [0.29, 0.717) is 24.5 Å². The monoisotopic (exact) mass is 549 g/mol. The maximum Gasteiger partial charge on any atom is 0.416 e. The molecule has 1 aromatic carbocycles. The summed E-state index contributed by atoms with van der Waals surface area (Å²) in [4.78, 5) is 29.8. The Morgan fingerprint density at radius 2 is 1.93 bits per heavy atom. The highest BCUT2D eigenvalue weighted by Crippen LogP contribution is 2.40. The summed E-state index contributed by atoms with van der Waals surface area (Å²) in [5.74, 6) is -0.0646. The zero-order chi connectivity index (χ0) is 28.1. The number of aliphatic hydroxyl groups is 1. The number of carbonyl (C=O) groups is 2. The number of ether oxygens (including phenoxy) is 1. The lowest BCUT2D eigenvalue weighted by atomic mass is 9.80. The molecule has 1 spiro atoms. The van der Waals surface area contributed by atoms with Crippen LogP contribution in [0.4, 0.5) is 16.2 Å². The molecule has 9 nitrogen and oxygen atoms in total. The van der Waals surface area contributed by atoms with Crippen LogP contribution in [0.25, 0.3) is 11.1 Å². The number of rotatable bonds is 4. The number of fused-ring (bicyclic) bond motifs is 1. The Bertz CT molecular complexity index is 1230. The van der Waals surface area contributed by atoms with Crippen molar-refractivity contribution in [2.24, 2.45) is 0 Å². The van der Waals surface area contributed by atoms with Gasteiger partial charge in [-0.1, -0.05) is 37.5 Å². The lowest BCUT2D eigenvalue weighted by molar-refractivity contribution is -0.117. The van der Waals surface area contributed by atoms with E-state index in [1.807, 2.05) is 31.3 Å². The Balaban J connectivity index is 1.38. The smallest absolute Gasteiger partial charge is 0.416 e. The van der Waals surface area contributed by atoms with E-state index in [-0.39, 0.29) is 30.3 Å². The summed E-state index contributed by atoms with van der Waals surface area (Å²) < 4.78 is 7.86. The van der Waals surface area contributed by atoms with Gasteiger partial charge < -0.3 is 14.7 Å². The molecule has 1 aromatic heterocycles. The van der Waals surface area contributed by atoms with Crippen LogP contribution < -0.4 is 15.1 Å². The van der Waals surface area contributed by atoms with Crippen LogP contribution in [0.15, 0.2) is 42.7 Å². The number of amides is 2. The van der Waals surface area contributed by atoms with Crippen molar-refractivity contribution in [3.8, 4) is 11.1 Å². The maximum atomic E-state index is 13.8. The van der Waals surface area contributed by atoms with Gasteiger partial charge in [0.15, 0.2) is 6.23 Å². The first-order valence-corrected chi connectivity index (χ1v) is 14.9. The van der Waals surface area contributed by atoms with E-state index in [9.17, 15) is 14.7 Å². The van der Waals surface area contributed by atoms with E-state index < -0.39 is 6.09 Å². The van der Waals surface area contributed by atoms with Crippen LogP contribution in [0, 0.1) is 0 Å². The minimum atomic E-state index is -0.394. The Morgan fingerprint density at radius 1 is 1.10 bits per heavy atom. The number of hydrogen-bond donors (Lipinski definition) is 2. The number of nitrogens with one attached hydrogen (secondary N) is 1. The summed E-state index contributed by atoms with van der Waals surface area (Å²) >= 11 is 0. The molecule has 5 rings (SSSR count). The number of aliphatic hydroxyl groups excluding tert-OH is 1. The lowest BCUT2D eigenvalue weighted by Gasteiger charge is -2.44. The van der Waals surface area contributed by atoms with Crippen molar-refractivity contribution in [3.63, 3.8) is 0 Å². The van der Waals surface area contributed by atoms with Gasteiger partial charge in [-0.2, -0.15) is 5.10 Å². The lowest BCUT2D eigenvalue weighted by Crippen LogP contribution is -2.57. The van der Waals surface area contributed by atoms with Crippen molar-refractivity contribution in [2.45, 2.75) is 102 Å². The molecule has 2 unspecified atom stereocenters. The molecule has 3 aliphatic rings. The number of anilines is 2. The molecule has 2 aliphatic heterocycles. The minimum Gasteiger partial charge on any atom is -0.430 e. The summed E-state index contributed by atoms with van der Waals surface area (Å²) in [6, 6.07) is 5.58. The molecular formula is C31H43N5O4. The van der Waals surface area contributed by atoms with Gasteiger partial charge in [-0.25, -0.2) is 4.79 Å². The van der Waals surface area contributed by atoms with Crippen LogP contribution in [0.3, 0.4) is 0 Å². The SMILES string of the molecule is CC(=O)N1c2ccc(-c3cnn(CCO)c3)cc2N(C(=O)OC2CCCC3(C/C=C\CCCCCC3)N2)C[C@@H]1C. The molecule has 2 N–H and O–H groups in total. The molecule has 9 heteroatoms. The van der Waals surface area contributed by atoms with Crippen molar-refractivity contribution in [3.05, 3.63) is 42.7 Å². The molecule has 2 aromatic rings. The maximum absolute atomic E-state index is 13.8. The molecule has 1 aliphatic carbocycles. The van der Waals surface area contributed by atoms with Gasteiger partial charge in [-0.3, -0.25) is 19.7 Å². The summed E-state index contributed by atoms with van der Waals surface area (Å²) in [7, 11) is 0. The topological polar surface area (TPSA) is 99.9 Å². The molecule has 0 bridgehead atoms. The highest BCUT2D eigenvalue weighted by molar-refractivity contribution is 6.03. The van der Waals surface area contributed by atoms with E-state index in [4.69, 9.17) is 4.74 Å². The van der Waals surface area contributed by atoms with Crippen molar-refractivity contribution in [1.82, 2.24) is 15.1 Å². The van der Waals surface area contributed by atoms with Crippen molar-refractivity contribution in [1.29, 1.82) is 0 Å². The van der Waals surface area contributed by atoms with Crippen molar-refractivity contribution < 1.29 is 19.4 Å². The fourth-order valence-electron chi connectivity index (χ4n) is 6.55. The zero-order valence-electron chi connectivity index (χ0n) is 23.8. The number of hydrogen-bond acceptors (Lipinski definition) is 6. The van der Waals surface area contributed by atoms with E-state index in [1.54, 1.807) is 27.6 Å². The second-order valence-electron chi connectivity index (χ2n) is 11.6. The van der Waals surface area contributed by atoms with Gasteiger partial charge in [-0.15, -0.1) is 0 Å². The molecule has 216 valence electrons. The highest BCUT2D eigenvalue weighted by Gasteiger charge is 2.39. The quantitative estimate of drug-likeness (QED) is 0.497. The molecule has 0 radical (unpaired) electrons. The normalized spacial score (nSPS) is 26.3. The molecule has 0 saturated carbocycles. The van der Waals surface area contributed by atoms with Gasteiger partial charge in [-0.05, 0) is 69.6 Å². The standard InChI is InChI=1S/C31H43N5O4/c1-23-21-35(30(39)40-29-11-10-16-31(33-29)14-8-6-4-3-5-7-9-15-31)28-19-25(12-13-27(28)36(23)24(2)38)26-20-32-34(22-26)17-18-37/h6,8,12-13,19-20,22-23,29,33,37H,3-5,7,9-11,14-18,21H2,1-2H3/b8-6-/t23-,29?,31?/m0/s1. The first kappa shape index (κ1) is 28.4. The fourth-order valence-corrected chi connectivity index (χ4v) is 6.55. The van der Waals surface area contributed by atoms with E-state index in [2.05, 4.69) is 22.6 Å². The van der Waals surface area contributed by atoms with Gasteiger partial charge in [0.25, 0.3) is 0 Å². The second-order valence-corrected chi connectivity index (χ2v) is 11.6. The Labute approximate surface area is 237 Å². The predicted molar refractivity (Wildman–Crippen MR) is 156 cm³/mol. The number of nitrogens with zero attached hydrogens (tertiary/aromatic N) is 4. The molecular weight excluding hydrogens is 506 g/mol. The molecule has 2 amide bonds. The average molecular weight is 550 g/mol. The number of allylic oxidation sites excluding steroid dienone is 1. The Kier molecular flexibility index (Phi) is 8.90. The van der Waals surface area contributed by atoms with Crippen LogP contribution in [-0.4, -0.2) is 57.8 Å². The number of benzene rings is 1. The van der Waals surface area contributed by atoms with Gasteiger partial charge >= 0.3 is 6.09 Å². The molecule has 1 saturated heterocycles. The van der Waals surface area contributed by atoms with Crippen LogP contribution in [0.5, 0.6) is 0 Å².